The van der Waals surface area contributed by atoms with Crippen molar-refractivity contribution in [1.82, 2.24) is 15.2 Å². The van der Waals surface area contributed by atoms with E-state index in [0.29, 0.717) is 6.04 Å². The van der Waals surface area contributed by atoms with Crippen LogP contribution in [0.5, 0.6) is 0 Å². The maximum absolute atomic E-state index is 4.06. The van der Waals surface area contributed by atoms with Gasteiger partial charge in [0.25, 0.3) is 0 Å². The number of aromatic nitrogens is 1. The molecule has 0 amide bonds. The predicted molar refractivity (Wildman–Crippen MR) is 80.3 cm³/mol. The maximum atomic E-state index is 4.06. The maximum Gasteiger partial charge on any atom is 0.0270 e. The molecule has 1 atom stereocenters. The molecule has 0 spiro atoms. The molecule has 0 aromatic carbocycles. The number of hydrogen-bond acceptors (Lipinski definition) is 3. The molecular formula is C16H27N3. The Morgan fingerprint density at radius 1 is 1.37 bits per heavy atom. The molecule has 1 unspecified atom stereocenters. The van der Waals surface area contributed by atoms with E-state index in [0.717, 1.165) is 19.0 Å². The Morgan fingerprint density at radius 2 is 2.11 bits per heavy atom. The normalized spacial score (nSPS) is 16.8. The Labute approximate surface area is 117 Å². The van der Waals surface area contributed by atoms with Gasteiger partial charge in [-0.25, -0.2) is 0 Å². The zero-order valence-electron chi connectivity index (χ0n) is 12.3. The molecule has 0 radical (unpaired) electrons. The van der Waals surface area contributed by atoms with Gasteiger partial charge in [-0.15, -0.1) is 0 Å². The minimum Gasteiger partial charge on any atom is -0.314 e. The summed E-state index contributed by atoms with van der Waals surface area (Å²) >= 11 is 0. The third-order valence-corrected chi connectivity index (χ3v) is 4.06. The summed E-state index contributed by atoms with van der Waals surface area (Å²) in [7, 11) is 2.24. The molecule has 1 aliphatic carbocycles. The van der Waals surface area contributed by atoms with Crippen LogP contribution in [0.15, 0.2) is 24.5 Å². The van der Waals surface area contributed by atoms with E-state index in [9.17, 15) is 0 Å². The summed E-state index contributed by atoms with van der Waals surface area (Å²) in [6.45, 7) is 4.65. The summed E-state index contributed by atoms with van der Waals surface area (Å²) in [5.41, 5.74) is 1.38. The van der Waals surface area contributed by atoms with Crippen LogP contribution in [-0.4, -0.2) is 42.1 Å². The number of likely N-dealkylation sites (N-methyl/N-ethyl adjacent to an activating group) is 1. The third kappa shape index (κ3) is 5.70. The fourth-order valence-electron chi connectivity index (χ4n) is 2.29. The zero-order chi connectivity index (χ0) is 13.5. The first-order valence-corrected chi connectivity index (χ1v) is 7.58. The van der Waals surface area contributed by atoms with E-state index in [1.807, 2.05) is 12.4 Å². The SMILES string of the molecule is CC(CCCNC1CC1)N(C)CCc1ccncc1. The average molecular weight is 261 g/mol. The van der Waals surface area contributed by atoms with Gasteiger partial charge < -0.3 is 10.2 Å². The summed E-state index contributed by atoms with van der Waals surface area (Å²) in [6, 6.07) is 5.73. The zero-order valence-corrected chi connectivity index (χ0v) is 12.3. The van der Waals surface area contributed by atoms with Crippen LogP contribution in [0.3, 0.4) is 0 Å². The molecule has 1 aromatic heterocycles. The molecule has 3 heteroatoms. The lowest BCUT2D eigenvalue weighted by atomic mass is 10.1. The van der Waals surface area contributed by atoms with Gasteiger partial charge in [-0.2, -0.15) is 0 Å². The lowest BCUT2D eigenvalue weighted by Crippen LogP contribution is -2.31. The van der Waals surface area contributed by atoms with Gasteiger partial charge in [0.1, 0.15) is 0 Å². The van der Waals surface area contributed by atoms with E-state index in [4.69, 9.17) is 0 Å². The van der Waals surface area contributed by atoms with Crippen LogP contribution in [0.25, 0.3) is 0 Å². The lowest BCUT2D eigenvalue weighted by Gasteiger charge is -2.24. The first kappa shape index (κ1) is 14.5. The molecule has 0 saturated heterocycles. The summed E-state index contributed by atoms with van der Waals surface area (Å²) in [6.07, 6.45) is 10.2. The Bertz CT molecular complexity index is 348. The highest BCUT2D eigenvalue weighted by atomic mass is 15.1. The number of rotatable bonds is 9. The van der Waals surface area contributed by atoms with Crippen LogP contribution in [0, 0.1) is 0 Å². The topological polar surface area (TPSA) is 28.2 Å². The first-order chi connectivity index (χ1) is 9.25. The predicted octanol–water partition coefficient (Wildman–Crippen LogP) is 2.48. The van der Waals surface area contributed by atoms with Gasteiger partial charge in [-0.05, 0) is 70.3 Å². The van der Waals surface area contributed by atoms with Crippen LogP contribution >= 0.6 is 0 Å². The van der Waals surface area contributed by atoms with Crippen LogP contribution < -0.4 is 5.32 Å². The Hall–Kier alpha value is -0.930. The molecule has 1 N–H and O–H groups in total. The van der Waals surface area contributed by atoms with E-state index < -0.39 is 0 Å². The van der Waals surface area contributed by atoms with Gasteiger partial charge in [0.2, 0.25) is 0 Å². The third-order valence-electron chi connectivity index (χ3n) is 4.06. The van der Waals surface area contributed by atoms with Gasteiger partial charge in [0.05, 0.1) is 0 Å². The minimum absolute atomic E-state index is 0.669. The average Bonchev–Trinajstić information content (AvgIpc) is 3.26. The van der Waals surface area contributed by atoms with Crippen molar-refractivity contribution < 1.29 is 0 Å². The highest BCUT2D eigenvalue weighted by Crippen LogP contribution is 2.18. The summed E-state index contributed by atoms with van der Waals surface area (Å²) < 4.78 is 0. The van der Waals surface area contributed by atoms with Crippen LogP contribution in [0.2, 0.25) is 0 Å². The molecule has 2 rings (SSSR count). The van der Waals surface area contributed by atoms with E-state index in [1.165, 1.54) is 37.8 Å². The van der Waals surface area contributed by atoms with Crippen molar-refractivity contribution in [3.63, 3.8) is 0 Å². The number of nitrogens with one attached hydrogen (secondary N) is 1. The molecule has 1 aliphatic rings. The van der Waals surface area contributed by atoms with Crippen molar-refractivity contribution in [2.45, 2.75) is 51.1 Å². The Balaban J connectivity index is 1.57. The monoisotopic (exact) mass is 261 g/mol. The van der Waals surface area contributed by atoms with Gasteiger partial charge >= 0.3 is 0 Å². The highest BCUT2D eigenvalue weighted by Gasteiger charge is 2.19. The molecule has 106 valence electrons. The molecule has 1 saturated carbocycles. The molecule has 3 nitrogen and oxygen atoms in total. The van der Waals surface area contributed by atoms with E-state index >= 15 is 0 Å². The van der Waals surface area contributed by atoms with Crippen LogP contribution in [0.4, 0.5) is 0 Å². The second-order valence-electron chi connectivity index (χ2n) is 5.81. The van der Waals surface area contributed by atoms with Gasteiger partial charge in [-0.3, -0.25) is 4.98 Å². The van der Waals surface area contributed by atoms with E-state index in [-0.39, 0.29) is 0 Å². The van der Waals surface area contributed by atoms with Crippen molar-refractivity contribution in [3.05, 3.63) is 30.1 Å². The second-order valence-corrected chi connectivity index (χ2v) is 5.81. The summed E-state index contributed by atoms with van der Waals surface area (Å²) in [5.74, 6) is 0. The molecule has 1 heterocycles. The first-order valence-electron chi connectivity index (χ1n) is 7.58. The van der Waals surface area contributed by atoms with Crippen LogP contribution in [-0.2, 0) is 6.42 Å². The fraction of sp³-hybridized carbons (Fsp3) is 0.688. The largest absolute Gasteiger partial charge is 0.314 e. The van der Waals surface area contributed by atoms with Crippen molar-refractivity contribution >= 4 is 0 Å². The minimum atomic E-state index is 0.669. The smallest absolute Gasteiger partial charge is 0.0270 e. The van der Waals surface area contributed by atoms with Gasteiger partial charge in [-0.1, -0.05) is 0 Å². The standard InChI is InChI=1S/C16H27N3/c1-14(4-3-10-18-16-5-6-16)19(2)13-9-15-7-11-17-12-8-15/h7-8,11-12,14,16,18H,3-6,9-10,13H2,1-2H3. The van der Waals surface area contributed by atoms with E-state index in [1.54, 1.807) is 0 Å². The van der Waals surface area contributed by atoms with Crippen LogP contribution in [0.1, 0.15) is 38.2 Å². The summed E-state index contributed by atoms with van der Waals surface area (Å²) in [5, 5.41) is 3.58. The second kappa shape index (κ2) is 7.61. The van der Waals surface area contributed by atoms with Gasteiger partial charge in [0.15, 0.2) is 0 Å². The molecule has 19 heavy (non-hydrogen) atoms. The summed E-state index contributed by atoms with van der Waals surface area (Å²) in [4.78, 5) is 6.53. The molecule has 0 aliphatic heterocycles. The fourth-order valence-corrected chi connectivity index (χ4v) is 2.29. The number of hydrogen-bond donors (Lipinski definition) is 1. The van der Waals surface area contributed by atoms with E-state index in [2.05, 4.69) is 41.3 Å². The van der Waals surface area contributed by atoms with Crippen molar-refractivity contribution in [2.75, 3.05) is 20.1 Å². The lowest BCUT2D eigenvalue weighted by molar-refractivity contribution is 0.245. The molecular weight excluding hydrogens is 234 g/mol. The van der Waals surface area contributed by atoms with Crippen molar-refractivity contribution in [3.8, 4) is 0 Å². The molecule has 0 bridgehead atoms. The highest BCUT2D eigenvalue weighted by molar-refractivity contribution is 5.09. The Morgan fingerprint density at radius 3 is 2.79 bits per heavy atom. The molecule has 1 fully saturated rings. The quantitative estimate of drug-likeness (QED) is 0.692. The number of pyridine rings is 1. The van der Waals surface area contributed by atoms with Crippen molar-refractivity contribution in [1.29, 1.82) is 0 Å². The molecule has 1 aromatic rings. The Kier molecular flexibility index (Phi) is 5.80. The van der Waals surface area contributed by atoms with Gasteiger partial charge in [0, 0.05) is 31.0 Å². The number of nitrogens with zero attached hydrogens (tertiary/aromatic N) is 2. The van der Waals surface area contributed by atoms with Crippen molar-refractivity contribution in [2.24, 2.45) is 0 Å².